The lowest BCUT2D eigenvalue weighted by Gasteiger charge is -2.30. The quantitative estimate of drug-likeness (QED) is 0.503. The van der Waals surface area contributed by atoms with Crippen molar-refractivity contribution in [2.24, 2.45) is 0 Å². The van der Waals surface area contributed by atoms with Crippen LogP contribution in [0, 0.1) is 0 Å². The van der Waals surface area contributed by atoms with E-state index in [-0.39, 0.29) is 31.3 Å². The Hall–Kier alpha value is -3.35. The molecule has 0 radical (unpaired) electrons. The summed E-state index contributed by atoms with van der Waals surface area (Å²) in [5.41, 5.74) is 3.98. The molecular weight excluding hydrogens is 432 g/mol. The van der Waals surface area contributed by atoms with E-state index >= 15 is 0 Å². The molecule has 0 saturated heterocycles. The maximum absolute atomic E-state index is 12.8. The minimum absolute atomic E-state index is 0.0256. The Balaban J connectivity index is 1.38. The number of benzene rings is 2. The second-order valence-electron chi connectivity index (χ2n) is 9.39. The molecule has 180 valence electrons. The maximum Gasteiger partial charge on any atom is 0.407 e. The van der Waals surface area contributed by atoms with Crippen molar-refractivity contribution in [3.63, 3.8) is 0 Å². The molecule has 2 aromatic carbocycles. The van der Waals surface area contributed by atoms with Crippen LogP contribution >= 0.6 is 0 Å². The van der Waals surface area contributed by atoms with Gasteiger partial charge in [-0.25, -0.2) is 4.79 Å². The normalized spacial score (nSPS) is 16.9. The molecule has 0 aliphatic heterocycles. The molecule has 0 bridgehead atoms. The van der Waals surface area contributed by atoms with Crippen LogP contribution < -0.4 is 10.6 Å². The number of carbonyl (C=O) groups is 3. The Morgan fingerprint density at radius 2 is 1.62 bits per heavy atom. The minimum Gasteiger partial charge on any atom is -0.481 e. The molecule has 2 aromatic rings. The van der Waals surface area contributed by atoms with Crippen molar-refractivity contribution in [2.75, 3.05) is 6.61 Å². The number of amides is 2. The first kappa shape index (κ1) is 23.8. The molecule has 2 amide bonds. The number of alkyl carbamates (subject to hydrolysis) is 1. The molecule has 2 aliphatic carbocycles. The molecule has 3 N–H and O–H groups in total. The van der Waals surface area contributed by atoms with E-state index in [1.807, 2.05) is 31.2 Å². The van der Waals surface area contributed by atoms with Crippen molar-refractivity contribution in [1.82, 2.24) is 10.6 Å². The van der Waals surface area contributed by atoms with Gasteiger partial charge >= 0.3 is 12.1 Å². The number of rotatable bonds is 9. The fraction of sp³-hybridized carbons (Fsp3) is 0.444. The van der Waals surface area contributed by atoms with Crippen LogP contribution in [-0.2, 0) is 14.3 Å². The van der Waals surface area contributed by atoms with E-state index in [4.69, 9.17) is 9.84 Å². The van der Waals surface area contributed by atoms with Gasteiger partial charge in [-0.2, -0.15) is 0 Å². The molecule has 0 unspecified atom stereocenters. The minimum atomic E-state index is -0.945. The number of fused-ring (bicyclic) bond motifs is 3. The highest BCUT2D eigenvalue weighted by Gasteiger charge is 2.39. The SMILES string of the molecule is CC[C@H](CC(=O)O)NC(=O)CC1(NC(=O)OCC2c3ccccc3-c3ccccc32)CCCC1. The maximum atomic E-state index is 12.8. The van der Waals surface area contributed by atoms with E-state index in [0.717, 1.165) is 24.0 Å². The zero-order chi connectivity index (χ0) is 24.1. The lowest BCUT2D eigenvalue weighted by molar-refractivity contribution is -0.137. The largest absolute Gasteiger partial charge is 0.481 e. The van der Waals surface area contributed by atoms with Gasteiger partial charge in [0.25, 0.3) is 0 Å². The van der Waals surface area contributed by atoms with Crippen LogP contribution in [0.25, 0.3) is 11.1 Å². The summed E-state index contributed by atoms with van der Waals surface area (Å²) in [5.74, 6) is -1.21. The number of nitrogens with one attached hydrogen (secondary N) is 2. The average molecular weight is 465 g/mol. The van der Waals surface area contributed by atoms with Gasteiger partial charge in [-0.05, 0) is 41.5 Å². The smallest absolute Gasteiger partial charge is 0.407 e. The number of ether oxygens (including phenoxy) is 1. The molecule has 2 aliphatic rings. The highest BCUT2D eigenvalue weighted by Crippen LogP contribution is 2.44. The highest BCUT2D eigenvalue weighted by atomic mass is 16.5. The summed E-state index contributed by atoms with van der Waals surface area (Å²) >= 11 is 0. The van der Waals surface area contributed by atoms with Crippen LogP contribution in [0.3, 0.4) is 0 Å². The number of carboxylic acids is 1. The standard InChI is InChI=1S/C27H32N2O5/c1-2-18(15-25(31)32)28-24(30)16-27(13-7-8-14-27)29-26(33)34-17-23-21-11-5-3-9-19(21)20-10-4-6-12-22(20)23/h3-6,9-12,18,23H,2,7-8,13-17H2,1H3,(H,28,30)(H,29,33)(H,31,32)/t18-/m1/s1. The summed E-state index contributed by atoms with van der Waals surface area (Å²) in [4.78, 5) is 36.5. The zero-order valence-electron chi connectivity index (χ0n) is 19.5. The molecule has 1 atom stereocenters. The molecule has 0 spiro atoms. The first-order valence-corrected chi connectivity index (χ1v) is 12.0. The van der Waals surface area contributed by atoms with E-state index in [2.05, 4.69) is 34.9 Å². The van der Waals surface area contributed by atoms with E-state index in [0.29, 0.717) is 19.3 Å². The van der Waals surface area contributed by atoms with E-state index < -0.39 is 23.6 Å². The molecule has 1 saturated carbocycles. The first-order chi connectivity index (χ1) is 16.4. The van der Waals surface area contributed by atoms with Gasteiger partial charge in [0, 0.05) is 18.4 Å². The number of hydrogen-bond acceptors (Lipinski definition) is 4. The van der Waals surface area contributed by atoms with Crippen molar-refractivity contribution in [2.45, 2.75) is 69.4 Å². The summed E-state index contributed by atoms with van der Waals surface area (Å²) in [6, 6.07) is 15.9. The Bertz CT molecular complexity index is 1010. The third-order valence-electron chi connectivity index (χ3n) is 7.05. The van der Waals surface area contributed by atoms with Crippen molar-refractivity contribution in [1.29, 1.82) is 0 Å². The average Bonchev–Trinajstić information content (AvgIpc) is 3.39. The van der Waals surface area contributed by atoms with Gasteiger partial charge in [-0.1, -0.05) is 68.3 Å². The number of carbonyl (C=O) groups excluding carboxylic acids is 2. The predicted octanol–water partition coefficient (Wildman–Crippen LogP) is 4.60. The lowest BCUT2D eigenvalue weighted by Crippen LogP contribution is -2.50. The Morgan fingerprint density at radius 1 is 1.03 bits per heavy atom. The van der Waals surface area contributed by atoms with E-state index in [1.54, 1.807) is 0 Å². The molecule has 7 heteroatoms. The summed E-state index contributed by atoms with van der Waals surface area (Å²) < 4.78 is 5.70. The van der Waals surface area contributed by atoms with Crippen LogP contribution in [0.1, 0.15) is 68.9 Å². The third kappa shape index (κ3) is 5.24. The highest BCUT2D eigenvalue weighted by molar-refractivity contribution is 5.80. The van der Waals surface area contributed by atoms with Gasteiger partial charge in [0.2, 0.25) is 5.91 Å². The fourth-order valence-corrected chi connectivity index (χ4v) is 5.34. The first-order valence-electron chi connectivity index (χ1n) is 12.0. The molecule has 7 nitrogen and oxygen atoms in total. The van der Waals surface area contributed by atoms with Crippen molar-refractivity contribution in [3.05, 3.63) is 59.7 Å². The number of hydrogen-bond donors (Lipinski definition) is 3. The monoisotopic (exact) mass is 464 g/mol. The molecule has 34 heavy (non-hydrogen) atoms. The van der Waals surface area contributed by atoms with Crippen LogP contribution in [-0.4, -0.2) is 41.3 Å². The molecule has 0 heterocycles. The predicted molar refractivity (Wildman–Crippen MR) is 128 cm³/mol. The Kier molecular flexibility index (Phi) is 7.20. The Labute approximate surface area is 199 Å². The lowest BCUT2D eigenvalue weighted by atomic mass is 9.92. The molecule has 4 rings (SSSR count). The Morgan fingerprint density at radius 3 is 2.18 bits per heavy atom. The molecule has 1 fully saturated rings. The summed E-state index contributed by atoms with van der Waals surface area (Å²) in [6.07, 6.45) is 3.24. The van der Waals surface area contributed by atoms with Crippen molar-refractivity contribution in [3.8, 4) is 11.1 Å². The zero-order valence-corrected chi connectivity index (χ0v) is 19.5. The topological polar surface area (TPSA) is 105 Å². The van der Waals surface area contributed by atoms with Gasteiger partial charge in [0.15, 0.2) is 0 Å². The summed E-state index contributed by atoms with van der Waals surface area (Å²) in [5, 5.41) is 14.8. The van der Waals surface area contributed by atoms with Crippen LogP contribution in [0.5, 0.6) is 0 Å². The van der Waals surface area contributed by atoms with Crippen molar-refractivity contribution >= 4 is 18.0 Å². The molecule has 0 aromatic heterocycles. The van der Waals surface area contributed by atoms with E-state index in [1.165, 1.54) is 11.1 Å². The fourth-order valence-electron chi connectivity index (χ4n) is 5.34. The van der Waals surface area contributed by atoms with Crippen molar-refractivity contribution < 1.29 is 24.2 Å². The van der Waals surface area contributed by atoms with Gasteiger partial charge in [-0.3, -0.25) is 9.59 Å². The van der Waals surface area contributed by atoms with Gasteiger partial charge in [-0.15, -0.1) is 0 Å². The van der Waals surface area contributed by atoms with Gasteiger partial charge in [0.1, 0.15) is 6.61 Å². The number of aliphatic carboxylic acids is 1. The van der Waals surface area contributed by atoms with Gasteiger partial charge in [0.05, 0.1) is 12.0 Å². The van der Waals surface area contributed by atoms with Crippen LogP contribution in [0.15, 0.2) is 48.5 Å². The number of carboxylic acid groups (broad SMARTS) is 1. The van der Waals surface area contributed by atoms with Crippen LogP contribution in [0.2, 0.25) is 0 Å². The molecular formula is C27H32N2O5. The van der Waals surface area contributed by atoms with E-state index in [9.17, 15) is 14.4 Å². The summed E-state index contributed by atoms with van der Waals surface area (Å²) in [6.45, 7) is 2.06. The second-order valence-corrected chi connectivity index (χ2v) is 9.39. The van der Waals surface area contributed by atoms with Crippen LogP contribution in [0.4, 0.5) is 4.79 Å². The second kappa shape index (κ2) is 10.3. The summed E-state index contributed by atoms with van der Waals surface area (Å²) in [7, 11) is 0. The van der Waals surface area contributed by atoms with Gasteiger partial charge < -0.3 is 20.5 Å². The third-order valence-corrected chi connectivity index (χ3v) is 7.05.